The molecule has 0 aromatic heterocycles. The lowest BCUT2D eigenvalue weighted by Gasteiger charge is -2.29. The summed E-state index contributed by atoms with van der Waals surface area (Å²) in [6.07, 6.45) is 1.82. The fraction of sp³-hybridized carbons (Fsp3) is 0.588. The molecule has 0 N–H and O–H groups in total. The Balaban J connectivity index is 2.19. The molecule has 1 amide bonds. The molecule has 1 aliphatic carbocycles. The molecule has 0 aliphatic heterocycles. The average molecular weight is 310 g/mol. The van der Waals surface area contributed by atoms with Crippen molar-refractivity contribution in [1.82, 2.24) is 4.90 Å². The molecule has 0 radical (unpaired) electrons. The molecular weight excluding hydrogens is 286 g/mol. The van der Waals surface area contributed by atoms with Crippen LogP contribution >= 0.6 is 11.6 Å². The van der Waals surface area contributed by atoms with E-state index in [0.717, 1.165) is 24.9 Å². The van der Waals surface area contributed by atoms with Gasteiger partial charge in [0.15, 0.2) is 0 Å². The van der Waals surface area contributed by atoms with Gasteiger partial charge < -0.3 is 9.64 Å². The number of hydrogen-bond donors (Lipinski definition) is 0. The first-order chi connectivity index (χ1) is 9.99. The Kier molecular flexibility index (Phi) is 5.28. The summed E-state index contributed by atoms with van der Waals surface area (Å²) >= 11 is 6.09. The lowest BCUT2D eigenvalue weighted by atomic mass is 9.94. The van der Waals surface area contributed by atoms with Crippen LogP contribution in [0.4, 0.5) is 0 Å². The summed E-state index contributed by atoms with van der Waals surface area (Å²) in [5.41, 5.74) is 0.694. The summed E-state index contributed by atoms with van der Waals surface area (Å²) in [5.74, 6) is 0.663. The highest BCUT2D eigenvalue weighted by atomic mass is 35.5. The topological polar surface area (TPSA) is 29.5 Å². The molecule has 0 bridgehead atoms. The monoisotopic (exact) mass is 309 g/mol. The highest BCUT2D eigenvalue weighted by Gasteiger charge is 2.52. The third kappa shape index (κ3) is 3.78. The van der Waals surface area contributed by atoms with E-state index in [-0.39, 0.29) is 11.3 Å². The number of carbonyl (C=O) groups excluding carboxylic acids is 1. The van der Waals surface area contributed by atoms with Crippen LogP contribution in [-0.4, -0.2) is 37.6 Å². The second-order valence-corrected chi connectivity index (χ2v) is 6.67. The first kappa shape index (κ1) is 16.3. The number of halogens is 1. The Bertz CT molecular complexity index is 497. The largest absolute Gasteiger partial charge is 0.383 e. The molecule has 0 heterocycles. The molecule has 0 saturated heterocycles. The van der Waals surface area contributed by atoms with Gasteiger partial charge >= 0.3 is 0 Å². The normalized spacial score (nSPS) is 16.0. The van der Waals surface area contributed by atoms with Gasteiger partial charge in [0, 0.05) is 25.2 Å². The molecule has 3 nitrogen and oxygen atoms in total. The Hall–Kier alpha value is -1.06. The van der Waals surface area contributed by atoms with Crippen LogP contribution in [0.2, 0.25) is 5.02 Å². The van der Waals surface area contributed by atoms with Crippen LogP contribution in [0.25, 0.3) is 0 Å². The van der Waals surface area contributed by atoms with Crippen LogP contribution in [0.3, 0.4) is 0 Å². The number of methoxy groups -OCH3 is 1. The zero-order valence-corrected chi connectivity index (χ0v) is 13.8. The molecule has 0 unspecified atom stereocenters. The van der Waals surface area contributed by atoms with Crippen molar-refractivity contribution in [1.29, 1.82) is 0 Å². The second-order valence-electron chi connectivity index (χ2n) is 6.23. The zero-order valence-electron chi connectivity index (χ0n) is 13.1. The average Bonchev–Trinajstić information content (AvgIpc) is 3.24. The molecule has 1 aromatic rings. The molecule has 116 valence electrons. The van der Waals surface area contributed by atoms with E-state index in [2.05, 4.69) is 13.8 Å². The van der Waals surface area contributed by atoms with Crippen molar-refractivity contribution >= 4 is 17.5 Å². The zero-order chi connectivity index (χ0) is 15.5. The van der Waals surface area contributed by atoms with E-state index in [1.165, 1.54) is 0 Å². The van der Waals surface area contributed by atoms with E-state index in [9.17, 15) is 4.79 Å². The Labute approximate surface area is 132 Å². The van der Waals surface area contributed by atoms with Crippen molar-refractivity contribution in [2.24, 2.45) is 5.92 Å². The number of ether oxygens (including phenoxy) is 1. The van der Waals surface area contributed by atoms with Gasteiger partial charge in [-0.25, -0.2) is 0 Å². The minimum absolute atomic E-state index is 0.218. The maximum absolute atomic E-state index is 13.0. The molecular formula is C17H24ClNO2. The van der Waals surface area contributed by atoms with Gasteiger partial charge in [-0.15, -0.1) is 0 Å². The number of nitrogens with zero attached hydrogens (tertiary/aromatic N) is 1. The van der Waals surface area contributed by atoms with Crippen molar-refractivity contribution in [2.45, 2.75) is 32.1 Å². The first-order valence-corrected chi connectivity index (χ1v) is 7.92. The van der Waals surface area contributed by atoms with Crippen molar-refractivity contribution in [3.8, 4) is 0 Å². The van der Waals surface area contributed by atoms with Gasteiger partial charge in [0.25, 0.3) is 0 Å². The summed E-state index contributed by atoms with van der Waals surface area (Å²) in [6.45, 7) is 6.25. The Morgan fingerprint density at radius 1 is 1.43 bits per heavy atom. The van der Waals surface area contributed by atoms with Crippen LogP contribution in [0.15, 0.2) is 24.3 Å². The molecule has 1 aliphatic rings. The van der Waals surface area contributed by atoms with Crippen LogP contribution in [0, 0.1) is 5.92 Å². The third-order valence-electron chi connectivity index (χ3n) is 3.97. The van der Waals surface area contributed by atoms with Gasteiger partial charge in [-0.2, -0.15) is 0 Å². The predicted octanol–water partition coefficient (Wildman–Crippen LogP) is 3.50. The van der Waals surface area contributed by atoms with E-state index >= 15 is 0 Å². The van der Waals surface area contributed by atoms with Gasteiger partial charge in [0.2, 0.25) is 5.91 Å². The molecule has 21 heavy (non-hydrogen) atoms. The van der Waals surface area contributed by atoms with E-state index in [1.54, 1.807) is 7.11 Å². The standard InChI is InChI=1S/C17H24ClNO2/c1-13(2)12-19(9-10-21-3)16(20)17(7-8-17)14-5-4-6-15(18)11-14/h4-6,11,13H,7-10,12H2,1-3H3. The fourth-order valence-corrected chi connectivity index (χ4v) is 2.95. The summed E-state index contributed by atoms with van der Waals surface area (Å²) in [6, 6.07) is 7.71. The minimum atomic E-state index is -0.354. The third-order valence-corrected chi connectivity index (χ3v) is 4.21. The van der Waals surface area contributed by atoms with Crippen LogP contribution < -0.4 is 0 Å². The summed E-state index contributed by atoms with van der Waals surface area (Å²) in [7, 11) is 1.67. The molecule has 0 atom stereocenters. The van der Waals surface area contributed by atoms with Gasteiger partial charge in [-0.1, -0.05) is 37.6 Å². The number of rotatable bonds is 7. The van der Waals surface area contributed by atoms with Crippen molar-refractivity contribution in [2.75, 3.05) is 26.8 Å². The maximum Gasteiger partial charge on any atom is 0.233 e. The second kappa shape index (κ2) is 6.80. The van der Waals surface area contributed by atoms with E-state index in [1.807, 2.05) is 29.2 Å². The minimum Gasteiger partial charge on any atom is -0.383 e. The number of benzene rings is 1. The highest BCUT2D eigenvalue weighted by Crippen LogP contribution is 2.50. The lowest BCUT2D eigenvalue weighted by molar-refractivity contribution is -0.135. The predicted molar refractivity (Wildman–Crippen MR) is 85.7 cm³/mol. The quantitative estimate of drug-likeness (QED) is 0.771. The molecule has 1 saturated carbocycles. The molecule has 1 aromatic carbocycles. The lowest BCUT2D eigenvalue weighted by Crippen LogP contribution is -2.43. The van der Waals surface area contributed by atoms with Gasteiger partial charge in [-0.05, 0) is 36.5 Å². The first-order valence-electron chi connectivity index (χ1n) is 7.54. The van der Waals surface area contributed by atoms with E-state index < -0.39 is 0 Å². The highest BCUT2D eigenvalue weighted by molar-refractivity contribution is 6.30. The SMILES string of the molecule is COCCN(CC(C)C)C(=O)C1(c2cccc(Cl)c2)CC1. The van der Waals surface area contributed by atoms with E-state index in [4.69, 9.17) is 16.3 Å². The summed E-state index contributed by atoms with van der Waals surface area (Å²) in [4.78, 5) is 15.0. The number of carbonyl (C=O) groups is 1. The number of amides is 1. The molecule has 4 heteroatoms. The Morgan fingerprint density at radius 3 is 2.67 bits per heavy atom. The summed E-state index contributed by atoms with van der Waals surface area (Å²) in [5, 5.41) is 0.693. The van der Waals surface area contributed by atoms with Crippen LogP contribution in [-0.2, 0) is 14.9 Å². The summed E-state index contributed by atoms with van der Waals surface area (Å²) < 4.78 is 5.15. The fourth-order valence-electron chi connectivity index (χ4n) is 2.76. The molecule has 2 rings (SSSR count). The molecule has 1 fully saturated rings. The van der Waals surface area contributed by atoms with Gasteiger partial charge in [0.05, 0.1) is 12.0 Å². The maximum atomic E-state index is 13.0. The van der Waals surface area contributed by atoms with Gasteiger partial charge in [-0.3, -0.25) is 4.79 Å². The molecule has 0 spiro atoms. The Morgan fingerprint density at radius 2 is 2.14 bits per heavy atom. The van der Waals surface area contributed by atoms with Crippen LogP contribution in [0.1, 0.15) is 32.3 Å². The smallest absolute Gasteiger partial charge is 0.233 e. The van der Waals surface area contributed by atoms with Gasteiger partial charge in [0.1, 0.15) is 0 Å². The van der Waals surface area contributed by atoms with Crippen molar-refractivity contribution in [3.63, 3.8) is 0 Å². The number of hydrogen-bond acceptors (Lipinski definition) is 2. The van der Waals surface area contributed by atoms with Crippen LogP contribution in [0.5, 0.6) is 0 Å². The van der Waals surface area contributed by atoms with Crippen molar-refractivity contribution in [3.05, 3.63) is 34.9 Å². The van der Waals surface area contributed by atoms with Crippen molar-refractivity contribution < 1.29 is 9.53 Å². The van der Waals surface area contributed by atoms with E-state index in [0.29, 0.717) is 24.1 Å².